The first-order valence-electron chi connectivity index (χ1n) is 7.70. The molecular weight excluding hydrogens is 234 g/mol. The highest BCUT2D eigenvalue weighted by atomic mass is 15.3. The van der Waals surface area contributed by atoms with E-state index in [0.29, 0.717) is 6.04 Å². The SMILES string of the molecule is C#C[C@@](C)(CC)NCCCN1CCN(C(C)C)CC1. The van der Waals surface area contributed by atoms with Gasteiger partial charge in [-0.05, 0) is 46.7 Å². The van der Waals surface area contributed by atoms with Crippen LogP contribution in [0.1, 0.15) is 40.5 Å². The first kappa shape index (κ1) is 16.5. The maximum Gasteiger partial charge on any atom is 0.0767 e. The van der Waals surface area contributed by atoms with Crippen molar-refractivity contribution in [2.24, 2.45) is 0 Å². The van der Waals surface area contributed by atoms with Gasteiger partial charge in [-0.25, -0.2) is 0 Å². The third-order valence-corrected chi connectivity index (χ3v) is 4.33. The highest BCUT2D eigenvalue weighted by Crippen LogP contribution is 2.08. The highest BCUT2D eigenvalue weighted by molar-refractivity contribution is 5.09. The summed E-state index contributed by atoms with van der Waals surface area (Å²) in [5.41, 5.74) is -0.129. The van der Waals surface area contributed by atoms with Gasteiger partial charge in [0.2, 0.25) is 0 Å². The number of nitrogens with one attached hydrogen (secondary N) is 1. The van der Waals surface area contributed by atoms with Gasteiger partial charge in [-0.1, -0.05) is 12.8 Å². The average molecular weight is 265 g/mol. The van der Waals surface area contributed by atoms with Crippen LogP contribution >= 0.6 is 0 Å². The van der Waals surface area contributed by atoms with E-state index in [1.165, 1.54) is 39.1 Å². The summed E-state index contributed by atoms with van der Waals surface area (Å²) in [6, 6.07) is 0.685. The Labute approximate surface area is 119 Å². The van der Waals surface area contributed by atoms with Crippen molar-refractivity contribution in [3.8, 4) is 12.3 Å². The van der Waals surface area contributed by atoms with E-state index in [0.717, 1.165) is 13.0 Å². The summed E-state index contributed by atoms with van der Waals surface area (Å²) in [4.78, 5) is 5.13. The van der Waals surface area contributed by atoms with Gasteiger partial charge in [-0.3, -0.25) is 4.90 Å². The Bertz CT molecular complexity index is 287. The van der Waals surface area contributed by atoms with Gasteiger partial charge < -0.3 is 10.2 Å². The summed E-state index contributed by atoms with van der Waals surface area (Å²) in [6.45, 7) is 15.8. The monoisotopic (exact) mass is 265 g/mol. The van der Waals surface area contributed by atoms with E-state index in [4.69, 9.17) is 6.42 Å². The molecule has 1 fully saturated rings. The topological polar surface area (TPSA) is 18.5 Å². The molecule has 0 aromatic heterocycles. The van der Waals surface area contributed by atoms with Crippen molar-refractivity contribution in [1.29, 1.82) is 0 Å². The summed E-state index contributed by atoms with van der Waals surface area (Å²) in [6.07, 6.45) is 7.72. The molecule has 1 saturated heterocycles. The van der Waals surface area contributed by atoms with Crippen LogP contribution in [-0.2, 0) is 0 Å². The molecule has 1 aliphatic rings. The Balaban J connectivity index is 2.13. The van der Waals surface area contributed by atoms with Crippen LogP contribution < -0.4 is 5.32 Å². The van der Waals surface area contributed by atoms with Crippen LogP contribution in [0.15, 0.2) is 0 Å². The first-order valence-corrected chi connectivity index (χ1v) is 7.70. The minimum atomic E-state index is -0.129. The molecule has 110 valence electrons. The largest absolute Gasteiger partial charge is 0.301 e. The van der Waals surface area contributed by atoms with Crippen molar-refractivity contribution in [3.63, 3.8) is 0 Å². The Morgan fingerprint density at radius 2 is 1.89 bits per heavy atom. The Hall–Kier alpha value is -0.560. The molecule has 0 spiro atoms. The summed E-state index contributed by atoms with van der Waals surface area (Å²) in [7, 11) is 0. The van der Waals surface area contributed by atoms with Gasteiger partial charge in [-0.2, -0.15) is 0 Å². The fraction of sp³-hybridized carbons (Fsp3) is 0.875. The molecule has 1 aliphatic heterocycles. The number of hydrogen-bond acceptors (Lipinski definition) is 3. The van der Waals surface area contributed by atoms with E-state index in [2.05, 4.69) is 48.7 Å². The fourth-order valence-electron chi connectivity index (χ4n) is 2.45. The minimum absolute atomic E-state index is 0.129. The van der Waals surface area contributed by atoms with Crippen molar-refractivity contribution in [2.45, 2.75) is 52.1 Å². The average Bonchev–Trinajstić information content (AvgIpc) is 2.44. The van der Waals surface area contributed by atoms with E-state index in [-0.39, 0.29) is 5.54 Å². The van der Waals surface area contributed by atoms with Crippen LogP contribution in [0.3, 0.4) is 0 Å². The summed E-state index contributed by atoms with van der Waals surface area (Å²) < 4.78 is 0. The lowest BCUT2D eigenvalue weighted by Crippen LogP contribution is -2.49. The third-order valence-electron chi connectivity index (χ3n) is 4.33. The van der Waals surface area contributed by atoms with Gasteiger partial charge in [0.05, 0.1) is 5.54 Å². The summed E-state index contributed by atoms with van der Waals surface area (Å²) in [5, 5.41) is 3.49. The first-order chi connectivity index (χ1) is 9.00. The maximum atomic E-state index is 5.56. The molecule has 3 nitrogen and oxygen atoms in total. The smallest absolute Gasteiger partial charge is 0.0767 e. The molecule has 1 atom stereocenters. The van der Waals surface area contributed by atoms with Crippen molar-refractivity contribution < 1.29 is 0 Å². The van der Waals surface area contributed by atoms with E-state index in [1.54, 1.807) is 0 Å². The predicted octanol–water partition coefficient (Wildman–Crippen LogP) is 1.79. The van der Waals surface area contributed by atoms with Crippen LogP contribution in [0.2, 0.25) is 0 Å². The molecule has 0 aromatic carbocycles. The lowest BCUT2D eigenvalue weighted by atomic mass is 10.0. The van der Waals surface area contributed by atoms with Crippen LogP contribution in [0.4, 0.5) is 0 Å². The molecule has 3 heteroatoms. The molecule has 1 N–H and O–H groups in total. The normalized spacial score (nSPS) is 21.3. The Morgan fingerprint density at radius 3 is 2.37 bits per heavy atom. The fourth-order valence-corrected chi connectivity index (χ4v) is 2.45. The number of nitrogens with zero attached hydrogens (tertiary/aromatic N) is 2. The second-order valence-electron chi connectivity index (χ2n) is 6.08. The highest BCUT2D eigenvalue weighted by Gasteiger charge is 2.19. The number of piperazine rings is 1. The second kappa shape index (κ2) is 7.89. The van der Waals surface area contributed by atoms with Crippen molar-refractivity contribution in [3.05, 3.63) is 0 Å². The summed E-state index contributed by atoms with van der Waals surface area (Å²) >= 11 is 0. The van der Waals surface area contributed by atoms with E-state index >= 15 is 0 Å². The minimum Gasteiger partial charge on any atom is -0.301 e. The number of hydrogen-bond donors (Lipinski definition) is 1. The summed E-state index contributed by atoms with van der Waals surface area (Å²) in [5.74, 6) is 2.85. The van der Waals surface area contributed by atoms with Crippen molar-refractivity contribution in [1.82, 2.24) is 15.1 Å². The van der Waals surface area contributed by atoms with Crippen LogP contribution in [0, 0.1) is 12.3 Å². The number of rotatable bonds is 7. The van der Waals surface area contributed by atoms with E-state index < -0.39 is 0 Å². The van der Waals surface area contributed by atoms with Gasteiger partial charge in [0.25, 0.3) is 0 Å². The van der Waals surface area contributed by atoms with Crippen LogP contribution in [0.5, 0.6) is 0 Å². The van der Waals surface area contributed by atoms with Gasteiger partial charge in [0.15, 0.2) is 0 Å². The number of terminal acetylenes is 1. The lowest BCUT2D eigenvalue weighted by Gasteiger charge is -2.37. The zero-order valence-electron chi connectivity index (χ0n) is 13.2. The standard InChI is InChI=1S/C16H31N3/c1-6-16(5,7-2)17-9-8-10-18-11-13-19(14-12-18)15(3)4/h1,15,17H,7-14H2,2-5H3/t16-/m0/s1. The zero-order valence-corrected chi connectivity index (χ0v) is 13.2. The van der Waals surface area contributed by atoms with E-state index in [9.17, 15) is 0 Å². The predicted molar refractivity (Wildman–Crippen MR) is 83.3 cm³/mol. The van der Waals surface area contributed by atoms with Gasteiger partial charge in [0, 0.05) is 32.2 Å². The molecule has 0 saturated carbocycles. The third kappa shape index (κ3) is 5.52. The molecular formula is C16H31N3. The molecule has 0 aliphatic carbocycles. The Morgan fingerprint density at radius 1 is 1.26 bits per heavy atom. The lowest BCUT2D eigenvalue weighted by molar-refractivity contribution is 0.107. The molecule has 0 aromatic rings. The van der Waals surface area contributed by atoms with Crippen molar-refractivity contribution in [2.75, 3.05) is 39.3 Å². The van der Waals surface area contributed by atoms with Gasteiger partial charge in [-0.15, -0.1) is 6.42 Å². The van der Waals surface area contributed by atoms with Crippen LogP contribution in [0.25, 0.3) is 0 Å². The molecule has 0 amide bonds. The quantitative estimate of drug-likeness (QED) is 0.559. The second-order valence-corrected chi connectivity index (χ2v) is 6.08. The Kier molecular flexibility index (Phi) is 6.85. The molecule has 0 bridgehead atoms. The van der Waals surface area contributed by atoms with Crippen LogP contribution in [-0.4, -0.2) is 60.6 Å². The van der Waals surface area contributed by atoms with Gasteiger partial charge >= 0.3 is 0 Å². The van der Waals surface area contributed by atoms with Gasteiger partial charge in [0.1, 0.15) is 0 Å². The molecule has 0 unspecified atom stereocenters. The molecule has 19 heavy (non-hydrogen) atoms. The molecule has 1 rings (SSSR count). The van der Waals surface area contributed by atoms with E-state index in [1.807, 2.05) is 0 Å². The maximum absolute atomic E-state index is 5.56. The molecule has 0 radical (unpaired) electrons. The zero-order chi connectivity index (χ0) is 14.3. The van der Waals surface area contributed by atoms with Crippen molar-refractivity contribution >= 4 is 0 Å². The molecule has 1 heterocycles.